The Hall–Kier alpha value is -2.45. The van der Waals surface area contributed by atoms with Crippen molar-refractivity contribution < 1.29 is 36.6 Å². The number of halogens is 5. The Morgan fingerprint density at radius 3 is 2.48 bits per heavy atom. The van der Waals surface area contributed by atoms with Gasteiger partial charge in [0.05, 0.1) is 5.56 Å². The number of fused-ring (bicyclic) bond motifs is 1. The Bertz CT molecular complexity index is 699. The van der Waals surface area contributed by atoms with E-state index in [4.69, 9.17) is 5.11 Å². The molecule has 1 aromatic heterocycles. The fourth-order valence-corrected chi connectivity index (χ4v) is 1.74. The zero-order valence-electron chi connectivity index (χ0n) is 9.99. The number of carboxylic acids is 1. The van der Waals surface area contributed by atoms with Gasteiger partial charge in [-0.05, 0) is 12.1 Å². The van der Waals surface area contributed by atoms with Crippen LogP contribution in [0.3, 0.4) is 0 Å². The van der Waals surface area contributed by atoms with E-state index in [9.17, 15) is 26.7 Å². The molecule has 9 heteroatoms. The third-order valence-electron chi connectivity index (χ3n) is 2.54. The summed E-state index contributed by atoms with van der Waals surface area (Å²) in [7, 11) is 0. The van der Waals surface area contributed by atoms with Crippen LogP contribution in [-0.2, 0) is 6.18 Å². The van der Waals surface area contributed by atoms with E-state index in [-0.39, 0.29) is 5.39 Å². The molecule has 112 valence electrons. The van der Waals surface area contributed by atoms with Crippen molar-refractivity contribution in [1.29, 1.82) is 0 Å². The third-order valence-corrected chi connectivity index (χ3v) is 2.54. The van der Waals surface area contributed by atoms with Crippen molar-refractivity contribution in [2.75, 3.05) is 0 Å². The smallest absolute Gasteiger partial charge is 0.433 e. The molecule has 0 atom stereocenters. The molecule has 0 amide bonds. The second-order valence-electron chi connectivity index (χ2n) is 3.89. The summed E-state index contributed by atoms with van der Waals surface area (Å²) < 4.78 is 66.7. The minimum Gasteiger partial charge on any atom is -0.478 e. The number of pyridine rings is 1. The molecule has 1 aromatic carbocycles. The first-order valence-corrected chi connectivity index (χ1v) is 5.39. The van der Waals surface area contributed by atoms with Crippen LogP contribution >= 0.6 is 0 Å². The number of alkyl halides is 5. The number of aromatic nitrogens is 1. The summed E-state index contributed by atoms with van der Waals surface area (Å²) in [6.45, 7) is -3.28. The fourth-order valence-electron chi connectivity index (χ4n) is 1.74. The molecule has 0 radical (unpaired) electrons. The molecule has 0 unspecified atom stereocenters. The first-order chi connectivity index (χ1) is 9.70. The van der Waals surface area contributed by atoms with Crippen molar-refractivity contribution >= 4 is 16.9 Å². The third kappa shape index (κ3) is 3.01. The van der Waals surface area contributed by atoms with Gasteiger partial charge in [-0.1, -0.05) is 12.1 Å². The molecule has 0 aliphatic rings. The Labute approximate surface area is 113 Å². The molecule has 2 aromatic rings. The lowest BCUT2D eigenvalue weighted by Crippen LogP contribution is -2.12. The molecule has 0 aliphatic carbocycles. The van der Waals surface area contributed by atoms with E-state index < -0.39 is 41.3 Å². The normalized spacial score (nSPS) is 11.9. The second-order valence-corrected chi connectivity index (χ2v) is 3.89. The molecule has 4 nitrogen and oxygen atoms in total. The summed E-state index contributed by atoms with van der Waals surface area (Å²) in [5.74, 6) is -2.27. The summed E-state index contributed by atoms with van der Waals surface area (Å²) >= 11 is 0. The van der Waals surface area contributed by atoms with Crippen LogP contribution in [0.4, 0.5) is 22.0 Å². The summed E-state index contributed by atoms with van der Waals surface area (Å²) in [5.41, 5.74) is -2.80. The van der Waals surface area contributed by atoms with Crippen molar-refractivity contribution in [1.82, 2.24) is 4.98 Å². The van der Waals surface area contributed by atoms with Crippen molar-refractivity contribution in [3.8, 4) is 5.75 Å². The molecule has 21 heavy (non-hydrogen) atoms. The highest BCUT2D eigenvalue weighted by atomic mass is 19.4. The predicted molar refractivity (Wildman–Crippen MR) is 60.3 cm³/mol. The summed E-state index contributed by atoms with van der Waals surface area (Å²) in [6.07, 6.45) is -4.92. The summed E-state index contributed by atoms with van der Waals surface area (Å²) in [6, 6.07) is 3.66. The lowest BCUT2D eigenvalue weighted by Gasteiger charge is -2.12. The maximum absolute atomic E-state index is 12.7. The fraction of sp³-hybridized carbons (Fsp3) is 0.167. The van der Waals surface area contributed by atoms with Crippen molar-refractivity contribution in [2.45, 2.75) is 12.8 Å². The topological polar surface area (TPSA) is 59.4 Å². The van der Waals surface area contributed by atoms with Gasteiger partial charge in [0.25, 0.3) is 0 Å². The molecule has 0 spiro atoms. The lowest BCUT2D eigenvalue weighted by atomic mass is 10.1. The van der Waals surface area contributed by atoms with Crippen LogP contribution in [0.5, 0.6) is 5.75 Å². The highest BCUT2D eigenvalue weighted by Gasteiger charge is 2.34. The van der Waals surface area contributed by atoms with Gasteiger partial charge in [-0.15, -0.1) is 0 Å². The van der Waals surface area contributed by atoms with Crippen LogP contribution in [-0.4, -0.2) is 22.7 Å². The Balaban J connectivity index is 2.80. The van der Waals surface area contributed by atoms with Crippen molar-refractivity contribution in [3.63, 3.8) is 0 Å². The SMILES string of the molecule is O=C(O)c1cc(C(F)(F)F)nc2c(OC(F)F)cccc12. The highest BCUT2D eigenvalue weighted by molar-refractivity contribution is 6.04. The van der Waals surface area contributed by atoms with Gasteiger partial charge in [-0.3, -0.25) is 0 Å². The monoisotopic (exact) mass is 307 g/mol. The van der Waals surface area contributed by atoms with E-state index in [1.807, 2.05) is 0 Å². The van der Waals surface area contributed by atoms with Crippen molar-refractivity contribution in [2.24, 2.45) is 0 Å². The van der Waals surface area contributed by atoms with Crippen LogP contribution in [0.1, 0.15) is 16.1 Å². The van der Waals surface area contributed by atoms with Crippen LogP contribution < -0.4 is 4.74 Å². The first kappa shape index (κ1) is 14.9. The van der Waals surface area contributed by atoms with Gasteiger partial charge in [-0.25, -0.2) is 9.78 Å². The lowest BCUT2D eigenvalue weighted by molar-refractivity contribution is -0.141. The molecule has 0 saturated carbocycles. The Morgan fingerprint density at radius 1 is 1.29 bits per heavy atom. The number of nitrogens with zero attached hydrogens (tertiary/aromatic N) is 1. The molecule has 0 saturated heterocycles. The number of aromatic carboxylic acids is 1. The molecule has 0 aliphatic heterocycles. The predicted octanol–water partition coefficient (Wildman–Crippen LogP) is 3.55. The standard InChI is InChI=1S/C12H6F5NO3/c13-11(14)21-7-3-1-2-5-6(10(19)20)4-8(12(15,16)17)18-9(5)7/h1-4,11H,(H,19,20). The van der Waals surface area contributed by atoms with Gasteiger partial charge in [0.15, 0.2) is 5.75 Å². The largest absolute Gasteiger partial charge is 0.478 e. The number of benzene rings is 1. The van der Waals surface area contributed by atoms with E-state index >= 15 is 0 Å². The minimum atomic E-state index is -4.92. The number of hydrogen-bond acceptors (Lipinski definition) is 3. The van der Waals surface area contributed by atoms with Crippen LogP contribution in [0.15, 0.2) is 24.3 Å². The number of carbonyl (C=O) groups is 1. The van der Waals surface area contributed by atoms with E-state index in [1.165, 1.54) is 6.07 Å². The van der Waals surface area contributed by atoms with Gasteiger partial charge >= 0.3 is 18.8 Å². The molecule has 1 N–H and O–H groups in total. The maximum Gasteiger partial charge on any atom is 0.433 e. The van der Waals surface area contributed by atoms with Crippen LogP contribution in [0.2, 0.25) is 0 Å². The number of hydrogen-bond donors (Lipinski definition) is 1. The first-order valence-electron chi connectivity index (χ1n) is 5.39. The molecule has 0 bridgehead atoms. The van der Waals surface area contributed by atoms with Gasteiger partial charge in [0, 0.05) is 5.39 Å². The number of ether oxygens (including phenoxy) is 1. The Morgan fingerprint density at radius 2 is 1.95 bits per heavy atom. The second kappa shape index (κ2) is 5.15. The molecule has 1 heterocycles. The van der Waals surface area contributed by atoms with E-state index in [0.29, 0.717) is 6.07 Å². The molecule has 2 rings (SSSR count). The van der Waals surface area contributed by atoms with Gasteiger partial charge in [0.1, 0.15) is 11.2 Å². The van der Waals surface area contributed by atoms with Crippen LogP contribution in [0.25, 0.3) is 10.9 Å². The average molecular weight is 307 g/mol. The zero-order valence-corrected chi connectivity index (χ0v) is 9.99. The quantitative estimate of drug-likeness (QED) is 0.881. The number of para-hydroxylation sites is 1. The molecule has 0 fully saturated rings. The van der Waals surface area contributed by atoms with Crippen LogP contribution in [0, 0.1) is 0 Å². The van der Waals surface area contributed by atoms with E-state index in [2.05, 4.69) is 9.72 Å². The molecular weight excluding hydrogens is 301 g/mol. The zero-order chi connectivity index (χ0) is 15.8. The van der Waals surface area contributed by atoms with E-state index in [1.54, 1.807) is 0 Å². The summed E-state index contributed by atoms with van der Waals surface area (Å²) in [5, 5.41) is 8.73. The maximum atomic E-state index is 12.7. The van der Waals surface area contributed by atoms with Gasteiger partial charge < -0.3 is 9.84 Å². The minimum absolute atomic E-state index is 0.228. The van der Waals surface area contributed by atoms with E-state index in [0.717, 1.165) is 12.1 Å². The van der Waals surface area contributed by atoms with Crippen molar-refractivity contribution in [3.05, 3.63) is 35.5 Å². The number of carboxylic acid groups (broad SMARTS) is 1. The molecular formula is C12H6F5NO3. The Kier molecular flexibility index (Phi) is 3.67. The number of rotatable bonds is 3. The summed E-state index contributed by atoms with van der Waals surface area (Å²) in [4.78, 5) is 14.2. The highest BCUT2D eigenvalue weighted by Crippen LogP contribution is 2.34. The average Bonchev–Trinajstić information content (AvgIpc) is 2.36. The van der Waals surface area contributed by atoms with Gasteiger partial charge in [-0.2, -0.15) is 22.0 Å². The van der Waals surface area contributed by atoms with Gasteiger partial charge in [0.2, 0.25) is 0 Å².